The van der Waals surface area contributed by atoms with E-state index in [2.05, 4.69) is 10.3 Å². The molecular weight excluding hydrogens is 313 g/mol. The number of nitrogens with one attached hydrogen (secondary N) is 1. The van der Waals surface area contributed by atoms with Crippen molar-refractivity contribution in [3.05, 3.63) is 51.7 Å². The molecule has 1 aromatic carbocycles. The number of rotatable bonds is 5. The summed E-state index contributed by atoms with van der Waals surface area (Å²) >= 11 is 1.58. The average molecular weight is 333 g/mol. The second kappa shape index (κ2) is 6.66. The van der Waals surface area contributed by atoms with Crippen molar-refractivity contribution in [1.82, 2.24) is 15.2 Å². The van der Waals surface area contributed by atoms with E-state index < -0.39 is 0 Å². The Morgan fingerprint density at radius 2 is 2.13 bits per heavy atom. The van der Waals surface area contributed by atoms with Crippen molar-refractivity contribution >= 4 is 17.4 Å². The van der Waals surface area contributed by atoms with E-state index in [4.69, 9.17) is 0 Å². The number of amides is 2. The van der Waals surface area contributed by atoms with Crippen LogP contribution in [0.2, 0.25) is 0 Å². The fourth-order valence-electron chi connectivity index (χ4n) is 2.46. The van der Waals surface area contributed by atoms with Gasteiger partial charge in [0.05, 0.1) is 16.7 Å². The van der Waals surface area contributed by atoms with Crippen molar-refractivity contribution in [2.75, 3.05) is 0 Å². The first-order valence-corrected chi connectivity index (χ1v) is 8.64. The highest BCUT2D eigenvalue weighted by Crippen LogP contribution is 2.29. The average Bonchev–Trinajstić information content (AvgIpc) is 3.27. The topological polar surface area (TPSA) is 45.2 Å². The first-order valence-electron chi connectivity index (χ1n) is 7.76. The van der Waals surface area contributed by atoms with Crippen LogP contribution in [0.5, 0.6) is 0 Å². The van der Waals surface area contributed by atoms with Crippen LogP contribution in [0.1, 0.15) is 42.1 Å². The highest BCUT2D eigenvalue weighted by molar-refractivity contribution is 7.09. The summed E-state index contributed by atoms with van der Waals surface area (Å²) in [7, 11) is 0. The molecule has 1 atom stereocenters. The molecule has 23 heavy (non-hydrogen) atoms. The normalized spacial score (nSPS) is 15.3. The minimum Gasteiger partial charge on any atom is -0.330 e. The second-order valence-electron chi connectivity index (χ2n) is 5.95. The van der Waals surface area contributed by atoms with Crippen LogP contribution >= 0.6 is 11.3 Å². The summed E-state index contributed by atoms with van der Waals surface area (Å²) in [5.41, 5.74) is 1.82. The molecule has 1 aliphatic rings. The Bertz CT molecular complexity index is 681. The van der Waals surface area contributed by atoms with Crippen molar-refractivity contribution in [2.24, 2.45) is 0 Å². The van der Waals surface area contributed by atoms with Gasteiger partial charge in [0.25, 0.3) is 0 Å². The lowest BCUT2D eigenvalue weighted by Crippen LogP contribution is -2.42. The number of hydrogen-bond acceptors (Lipinski definition) is 3. The zero-order chi connectivity index (χ0) is 16.4. The zero-order valence-corrected chi connectivity index (χ0v) is 14.1. The predicted octanol–water partition coefficient (Wildman–Crippen LogP) is 4.03. The Morgan fingerprint density at radius 1 is 1.43 bits per heavy atom. The zero-order valence-electron chi connectivity index (χ0n) is 13.3. The molecule has 0 aliphatic heterocycles. The number of thiazole rings is 1. The molecule has 0 spiro atoms. The van der Waals surface area contributed by atoms with Crippen molar-refractivity contribution in [3.8, 4) is 0 Å². The van der Waals surface area contributed by atoms with Crippen LogP contribution in [0.3, 0.4) is 0 Å². The van der Waals surface area contributed by atoms with E-state index in [-0.39, 0.29) is 23.9 Å². The Labute approximate surface area is 139 Å². The maximum atomic E-state index is 13.0. The number of hydrogen-bond donors (Lipinski definition) is 1. The Balaban J connectivity index is 1.65. The summed E-state index contributed by atoms with van der Waals surface area (Å²) in [6.07, 6.45) is 2.05. The van der Waals surface area contributed by atoms with Gasteiger partial charge in [0, 0.05) is 18.0 Å². The summed E-state index contributed by atoms with van der Waals surface area (Å²) in [5, 5.41) is 5.99. The summed E-state index contributed by atoms with van der Waals surface area (Å²) < 4.78 is 13.0. The van der Waals surface area contributed by atoms with Crippen LogP contribution < -0.4 is 5.32 Å². The largest absolute Gasteiger partial charge is 0.330 e. The fourth-order valence-corrected chi connectivity index (χ4v) is 3.17. The molecule has 2 aromatic rings. The number of carbonyl (C=O) groups excluding carboxylic acids is 1. The molecule has 0 radical (unpaired) electrons. The van der Waals surface area contributed by atoms with Crippen LogP contribution in [-0.2, 0) is 6.54 Å². The third kappa shape index (κ3) is 4.07. The lowest BCUT2D eigenvalue weighted by molar-refractivity contribution is 0.188. The minimum absolute atomic E-state index is 0.0880. The molecule has 6 heteroatoms. The number of halogens is 1. The third-order valence-electron chi connectivity index (χ3n) is 3.94. The van der Waals surface area contributed by atoms with Crippen LogP contribution in [0.15, 0.2) is 29.6 Å². The van der Waals surface area contributed by atoms with E-state index in [0.717, 1.165) is 29.1 Å². The molecule has 1 fully saturated rings. The van der Waals surface area contributed by atoms with E-state index in [1.807, 2.05) is 24.1 Å². The first kappa shape index (κ1) is 15.9. The van der Waals surface area contributed by atoms with Gasteiger partial charge in [0.1, 0.15) is 5.82 Å². The summed E-state index contributed by atoms with van der Waals surface area (Å²) in [4.78, 5) is 18.9. The van der Waals surface area contributed by atoms with E-state index in [9.17, 15) is 9.18 Å². The summed E-state index contributed by atoms with van der Waals surface area (Å²) in [5.74, 6) is -0.260. The van der Waals surface area contributed by atoms with Crippen LogP contribution in [0, 0.1) is 12.7 Å². The quantitative estimate of drug-likeness (QED) is 0.898. The molecule has 1 saturated carbocycles. The summed E-state index contributed by atoms with van der Waals surface area (Å²) in [6.45, 7) is 4.39. The molecule has 1 aromatic heterocycles. The maximum absolute atomic E-state index is 13.0. The minimum atomic E-state index is -0.260. The molecule has 3 rings (SSSR count). The van der Waals surface area contributed by atoms with Gasteiger partial charge < -0.3 is 10.2 Å². The second-order valence-corrected chi connectivity index (χ2v) is 7.01. The van der Waals surface area contributed by atoms with Gasteiger partial charge in [-0.25, -0.2) is 14.2 Å². The van der Waals surface area contributed by atoms with Gasteiger partial charge >= 0.3 is 6.03 Å². The molecule has 1 heterocycles. The SMILES string of the molecule is Cc1nc(C(C)NC(=O)N(Cc2ccc(F)cc2)C2CC2)cs1. The smallest absolute Gasteiger partial charge is 0.318 e. The number of aryl methyl sites for hydroxylation is 1. The molecule has 0 bridgehead atoms. The van der Waals surface area contributed by atoms with Gasteiger partial charge in [0.15, 0.2) is 0 Å². The first-order chi connectivity index (χ1) is 11.0. The van der Waals surface area contributed by atoms with E-state index in [1.165, 1.54) is 12.1 Å². The fraction of sp³-hybridized carbons (Fsp3) is 0.412. The molecule has 122 valence electrons. The third-order valence-corrected chi connectivity index (χ3v) is 4.73. The molecule has 1 unspecified atom stereocenters. The summed E-state index contributed by atoms with van der Waals surface area (Å²) in [6, 6.07) is 6.38. The van der Waals surface area contributed by atoms with Crippen LogP contribution in [-0.4, -0.2) is 22.0 Å². The number of benzene rings is 1. The molecule has 2 amide bonds. The number of aromatic nitrogens is 1. The maximum Gasteiger partial charge on any atom is 0.318 e. The van der Waals surface area contributed by atoms with Gasteiger partial charge in [-0.05, 0) is 44.4 Å². The van der Waals surface area contributed by atoms with Crippen LogP contribution in [0.4, 0.5) is 9.18 Å². The lowest BCUT2D eigenvalue weighted by Gasteiger charge is -2.25. The highest BCUT2D eigenvalue weighted by atomic mass is 32.1. The predicted molar refractivity (Wildman–Crippen MR) is 88.8 cm³/mol. The molecule has 0 saturated heterocycles. The van der Waals surface area contributed by atoms with Gasteiger partial charge in [-0.1, -0.05) is 12.1 Å². The van der Waals surface area contributed by atoms with Gasteiger partial charge in [-0.15, -0.1) is 11.3 Å². The van der Waals surface area contributed by atoms with Gasteiger partial charge in [0.2, 0.25) is 0 Å². The van der Waals surface area contributed by atoms with E-state index >= 15 is 0 Å². The number of carbonyl (C=O) groups is 1. The van der Waals surface area contributed by atoms with Crippen molar-refractivity contribution < 1.29 is 9.18 Å². The monoisotopic (exact) mass is 333 g/mol. The van der Waals surface area contributed by atoms with Crippen molar-refractivity contribution in [3.63, 3.8) is 0 Å². The number of nitrogens with zero attached hydrogens (tertiary/aromatic N) is 2. The molecular formula is C17H20FN3OS. The van der Waals surface area contributed by atoms with Crippen molar-refractivity contribution in [2.45, 2.75) is 45.3 Å². The number of urea groups is 1. The Kier molecular flexibility index (Phi) is 4.61. The van der Waals surface area contributed by atoms with Gasteiger partial charge in [-0.2, -0.15) is 0 Å². The Morgan fingerprint density at radius 3 is 2.70 bits per heavy atom. The molecule has 1 aliphatic carbocycles. The Hall–Kier alpha value is -1.95. The van der Waals surface area contributed by atoms with Gasteiger partial charge in [-0.3, -0.25) is 0 Å². The molecule has 1 N–H and O–H groups in total. The standard InChI is InChI=1S/C17H20FN3OS/c1-11(16-10-23-12(2)20-16)19-17(22)21(15-7-8-15)9-13-3-5-14(18)6-4-13/h3-6,10-11,15H,7-9H2,1-2H3,(H,19,22). The molecule has 4 nitrogen and oxygen atoms in total. The lowest BCUT2D eigenvalue weighted by atomic mass is 10.2. The highest BCUT2D eigenvalue weighted by Gasteiger charge is 2.33. The van der Waals surface area contributed by atoms with E-state index in [0.29, 0.717) is 6.54 Å². The van der Waals surface area contributed by atoms with E-state index in [1.54, 1.807) is 23.5 Å². The van der Waals surface area contributed by atoms with Crippen LogP contribution in [0.25, 0.3) is 0 Å². The van der Waals surface area contributed by atoms with Crippen molar-refractivity contribution in [1.29, 1.82) is 0 Å².